The van der Waals surface area contributed by atoms with Crippen LogP contribution in [0.2, 0.25) is 0 Å². The summed E-state index contributed by atoms with van der Waals surface area (Å²) >= 11 is 0. The molecule has 4 nitrogen and oxygen atoms in total. The van der Waals surface area contributed by atoms with Crippen LogP contribution in [0.4, 0.5) is 36.8 Å². The van der Waals surface area contributed by atoms with E-state index in [4.69, 9.17) is 5.11 Å². The lowest BCUT2D eigenvalue weighted by Gasteiger charge is -2.24. The molecule has 1 aromatic carbocycles. The number of nitrogens with zero attached hydrogens (tertiary/aromatic N) is 1. The van der Waals surface area contributed by atoms with Crippen LogP contribution in [0.5, 0.6) is 0 Å². The van der Waals surface area contributed by atoms with Gasteiger partial charge in [-0.25, -0.2) is 4.79 Å². The first-order valence-electron chi connectivity index (χ1n) is 6.30. The van der Waals surface area contributed by atoms with E-state index in [1.54, 1.807) is 0 Å². The molecule has 130 valence electrons. The van der Waals surface area contributed by atoms with Crippen LogP contribution in [0.1, 0.15) is 18.1 Å². The lowest BCUT2D eigenvalue weighted by Crippen LogP contribution is -2.40. The van der Waals surface area contributed by atoms with E-state index >= 15 is 0 Å². The minimum absolute atomic E-state index is 0.0320. The van der Waals surface area contributed by atoms with Crippen LogP contribution in [0, 0.1) is 0 Å². The molecule has 0 aromatic heterocycles. The highest BCUT2D eigenvalue weighted by Crippen LogP contribution is 2.37. The summed E-state index contributed by atoms with van der Waals surface area (Å²) in [6, 6.07) is -0.827. The lowest BCUT2D eigenvalue weighted by molar-refractivity contribution is -0.143. The molecule has 0 aliphatic heterocycles. The molecule has 2 amide bonds. The van der Waals surface area contributed by atoms with Crippen LogP contribution in [0.3, 0.4) is 0 Å². The van der Waals surface area contributed by atoms with E-state index in [0.717, 1.165) is 4.90 Å². The normalized spacial score (nSPS) is 13.6. The Morgan fingerprint density at radius 1 is 1.13 bits per heavy atom. The predicted octanol–water partition coefficient (Wildman–Crippen LogP) is 3.57. The van der Waals surface area contributed by atoms with Gasteiger partial charge in [-0.2, -0.15) is 26.3 Å². The molecule has 0 fully saturated rings. The number of hydrogen-bond donors (Lipinski definition) is 2. The summed E-state index contributed by atoms with van der Waals surface area (Å²) in [5.41, 5.74) is -3.70. The SMILES string of the molecule is CC(CO)N(C)C(=O)Nc1cc(C(F)(F)F)cc(C(F)(F)F)c1. The van der Waals surface area contributed by atoms with Crippen LogP contribution < -0.4 is 5.32 Å². The van der Waals surface area contributed by atoms with Gasteiger partial charge in [0.25, 0.3) is 0 Å². The van der Waals surface area contributed by atoms with Gasteiger partial charge in [-0.3, -0.25) is 0 Å². The molecule has 2 N–H and O–H groups in total. The number of anilines is 1. The second-order valence-corrected chi connectivity index (χ2v) is 4.87. The molecule has 0 saturated heterocycles. The molecule has 23 heavy (non-hydrogen) atoms. The van der Waals surface area contributed by atoms with Crippen LogP contribution >= 0.6 is 0 Å². The first-order chi connectivity index (χ1) is 10.4. The topological polar surface area (TPSA) is 52.6 Å². The molecule has 0 aliphatic rings. The number of aliphatic hydroxyl groups excluding tert-OH is 1. The smallest absolute Gasteiger partial charge is 0.394 e. The molecule has 1 atom stereocenters. The molecule has 0 bridgehead atoms. The van der Waals surface area contributed by atoms with Crippen molar-refractivity contribution < 1.29 is 36.2 Å². The van der Waals surface area contributed by atoms with E-state index in [2.05, 4.69) is 0 Å². The molecule has 0 heterocycles. The average Bonchev–Trinajstić information content (AvgIpc) is 2.43. The second-order valence-electron chi connectivity index (χ2n) is 4.87. The Balaban J connectivity index is 3.18. The van der Waals surface area contributed by atoms with Gasteiger partial charge in [-0.1, -0.05) is 0 Å². The number of benzene rings is 1. The highest BCUT2D eigenvalue weighted by molar-refractivity contribution is 5.89. The fourth-order valence-corrected chi connectivity index (χ4v) is 1.56. The van der Waals surface area contributed by atoms with Crippen LogP contribution in [0.25, 0.3) is 0 Å². The third-order valence-electron chi connectivity index (χ3n) is 3.08. The maximum Gasteiger partial charge on any atom is 0.416 e. The summed E-state index contributed by atoms with van der Waals surface area (Å²) in [6.07, 6.45) is -9.99. The summed E-state index contributed by atoms with van der Waals surface area (Å²) in [7, 11) is 1.24. The van der Waals surface area contributed by atoms with Crippen molar-refractivity contribution in [1.29, 1.82) is 0 Å². The summed E-state index contributed by atoms with van der Waals surface area (Å²) in [5.74, 6) is 0. The molecular formula is C13H14F6N2O2. The maximum atomic E-state index is 12.7. The molecule has 1 aromatic rings. The average molecular weight is 344 g/mol. The van der Waals surface area contributed by atoms with E-state index in [-0.39, 0.29) is 6.07 Å². The van der Waals surface area contributed by atoms with E-state index in [1.165, 1.54) is 14.0 Å². The van der Waals surface area contributed by atoms with Crippen LogP contribution in [0.15, 0.2) is 18.2 Å². The van der Waals surface area contributed by atoms with Gasteiger partial charge in [0.15, 0.2) is 0 Å². The van der Waals surface area contributed by atoms with Crippen molar-refractivity contribution in [3.63, 3.8) is 0 Å². The summed E-state index contributed by atoms with van der Waals surface area (Å²) in [6.45, 7) is 1.03. The fraction of sp³-hybridized carbons (Fsp3) is 0.462. The van der Waals surface area contributed by atoms with Crippen molar-refractivity contribution >= 4 is 11.7 Å². The van der Waals surface area contributed by atoms with E-state index < -0.39 is 47.8 Å². The van der Waals surface area contributed by atoms with Gasteiger partial charge in [0.2, 0.25) is 0 Å². The third-order valence-corrected chi connectivity index (χ3v) is 3.08. The Morgan fingerprint density at radius 2 is 1.57 bits per heavy atom. The van der Waals surface area contributed by atoms with Gasteiger partial charge < -0.3 is 15.3 Å². The number of amides is 2. The lowest BCUT2D eigenvalue weighted by atomic mass is 10.1. The number of carbonyl (C=O) groups is 1. The molecule has 10 heteroatoms. The zero-order valence-electron chi connectivity index (χ0n) is 12.1. The molecule has 1 rings (SSSR count). The third kappa shape index (κ3) is 5.02. The minimum Gasteiger partial charge on any atom is -0.394 e. The van der Waals surface area contributed by atoms with Crippen molar-refractivity contribution in [2.45, 2.75) is 25.3 Å². The monoisotopic (exact) mass is 344 g/mol. The highest BCUT2D eigenvalue weighted by Gasteiger charge is 2.37. The van der Waals surface area contributed by atoms with Crippen molar-refractivity contribution in [1.82, 2.24) is 4.90 Å². The Hall–Kier alpha value is -1.97. The van der Waals surface area contributed by atoms with E-state index in [1.807, 2.05) is 5.32 Å². The predicted molar refractivity (Wildman–Crippen MR) is 69.8 cm³/mol. The number of alkyl halides is 6. The molecule has 0 radical (unpaired) electrons. The highest BCUT2D eigenvalue weighted by atomic mass is 19.4. The minimum atomic E-state index is -5.00. The number of aliphatic hydroxyl groups is 1. The number of nitrogens with one attached hydrogen (secondary N) is 1. The van der Waals surface area contributed by atoms with Crippen molar-refractivity contribution in [3.05, 3.63) is 29.3 Å². The quantitative estimate of drug-likeness (QED) is 0.824. The molecule has 1 unspecified atom stereocenters. The molecule has 0 saturated carbocycles. The van der Waals surface area contributed by atoms with Gasteiger partial charge >= 0.3 is 18.4 Å². The van der Waals surface area contributed by atoms with Crippen molar-refractivity contribution in [2.75, 3.05) is 19.0 Å². The van der Waals surface area contributed by atoms with E-state index in [0.29, 0.717) is 12.1 Å². The number of likely N-dealkylation sites (N-methyl/N-ethyl adjacent to an activating group) is 1. The molecular weight excluding hydrogens is 330 g/mol. The maximum absolute atomic E-state index is 12.7. The van der Waals surface area contributed by atoms with Gasteiger partial charge in [-0.15, -0.1) is 0 Å². The molecule has 0 aliphatic carbocycles. The standard InChI is InChI=1S/C13H14F6N2O2/c1-7(6-22)21(2)11(23)20-10-4-8(12(14,15)16)3-9(5-10)13(17,18)19/h3-5,7,22H,6H2,1-2H3,(H,20,23). The molecule has 0 spiro atoms. The van der Waals surface area contributed by atoms with Crippen LogP contribution in [-0.2, 0) is 12.4 Å². The van der Waals surface area contributed by atoms with Crippen molar-refractivity contribution in [3.8, 4) is 0 Å². The number of hydrogen-bond acceptors (Lipinski definition) is 2. The summed E-state index contributed by atoms with van der Waals surface area (Å²) < 4.78 is 76.1. The fourth-order valence-electron chi connectivity index (χ4n) is 1.56. The van der Waals surface area contributed by atoms with E-state index in [9.17, 15) is 31.1 Å². The zero-order chi connectivity index (χ0) is 18.0. The van der Waals surface area contributed by atoms with Crippen LogP contribution in [-0.4, -0.2) is 35.7 Å². The van der Waals surface area contributed by atoms with Gasteiger partial charge in [0.1, 0.15) is 0 Å². The Labute approximate surface area is 127 Å². The first kappa shape index (κ1) is 19.1. The van der Waals surface area contributed by atoms with Gasteiger partial charge in [-0.05, 0) is 25.1 Å². The summed E-state index contributed by atoms with van der Waals surface area (Å²) in [5, 5.41) is 10.9. The Kier molecular flexibility index (Phi) is 5.51. The van der Waals surface area contributed by atoms with Gasteiger partial charge in [0.05, 0.1) is 23.8 Å². The summed E-state index contributed by atoms with van der Waals surface area (Å²) in [4.78, 5) is 12.7. The largest absolute Gasteiger partial charge is 0.416 e. The number of halogens is 6. The second kappa shape index (κ2) is 6.65. The Morgan fingerprint density at radius 3 is 1.91 bits per heavy atom. The van der Waals surface area contributed by atoms with Gasteiger partial charge in [0, 0.05) is 12.7 Å². The first-order valence-corrected chi connectivity index (χ1v) is 6.30. The number of urea groups is 1. The number of rotatable bonds is 3. The Bertz CT molecular complexity index is 538. The van der Waals surface area contributed by atoms with Crippen molar-refractivity contribution in [2.24, 2.45) is 0 Å². The number of carbonyl (C=O) groups excluding carboxylic acids is 1. The zero-order valence-corrected chi connectivity index (χ0v) is 12.1.